The van der Waals surface area contributed by atoms with Gasteiger partial charge in [-0.2, -0.15) is 0 Å². The van der Waals surface area contributed by atoms with E-state index < -0.39 is 0 Å². The number of nitrogens with zero attached hydrogens (tertiary/aromatic N) is 3. The number of anilines is 2. The van der Waals surface area contributed by atoms with Crippen LogP contribution in [0, 0.1) is 6.92 Å². The van der Waals surface area contributed by atoms with E-state index in [0.29, 0.717) is 5.95 Å². The third kappa shape index (κ3) is 1.81. The van der Waals surface area contributed by atoms with Gasteiger partial charge in [0.25, 0.3) is 0 Å². The van der Waals surface area contributed by atoms with Gasteiger partial charge in [0.15, 0.2) is 0 Å². The molecule has 3 aromatic rings. The zero-order valence-corrected chi connectivity index (χ0v) is 12.0. The van der Waals surface area contributed by atoms with Crippen LogP contribution in [0.5, 0.6) is 0 Å². The molecule has 0 aliphatic rings. The maximum absolute atomic E-state index is 6.16. The molecule has 4 heteroatoms. The molecule has 0 spiro atoms. The maximum atomic E-state index is 6.16. The van der Waals surface area contributed by atoms with E-state index in [1.165, 1.54) is 0 Å². The highest BCUT2D eigenvalue weighted by molar-refractivity contribution is 5.85. The van der Waals surface area contributed by atoms with Crippen LogP contribution in [0.25, 0.3) is 16.7 Å². The van der Waals surface area contributed by atoms with Gasteiger partial charge < -0.3 is 10.6 Å². The summed E-state index contributed by atoms with van der Waals surface area (Å²) in [5, 5.41) is 0. The summed E-state index contributed by atoms with van der Waals surface area (Å²) in [5.41, 5.74) is 11.4. The van der Waals surface area contributed by atoms with Gasteiger partial charge in [-0.1, -0.05) is 24.3 Å². The van der Waals surface area contributed by atoms with Crippen molar-refractivity contribution in [2.45, 2.75) is 6.92 Å². The lowest BCUT2D eigenvalue weighted by Gasteiger charge is -2.18. The molecular formula is C16H18N4. The molecule has 0 saturated heterocycles. The first-order valence-electron chi connectivity index (χ1n) is 6.60. The Morgan fingerprint density at radius 3 is 2.55 bits per heavy atom. The molecule has 3 rings (SSSR count). The predicted molar refractivity (Wildman–Crippen MR) is 84.5 cm³/mol. The molecule has 0 unspecified atom stereocenters. The molecule has 102 valence electrons. The Bertz CT molecular complexity index is 771. The van der Waals surface area contributed by atoms with Gasteiger partial charge in [0.2, 0.25) is 5.95 Å². The normalized spacial score (nSPS) is 10.9. The molecule has 0 bridgehead atoms. The summed E-state index contributed by atoms with van der Waals surface area (Å²) in [6.07, 6.45) is 0. The highest BCUT2D eigenvalue weighted by atomic mass is 15.2. The van der Waals surface area contributed by atoms with Gasteiger partial charge in [0, 0.05) is 14.1 Å². The average Bonchev–Trinajstić information content (AvgIpc) is 2.76. The van der Waals surface area contributed by atoms with Crippen molar-refractivity contribution in [3.8, 4) is 5.69 Å². The lowest BCUT2D eigenvalue weighted by Crippen LogP contribution is -2.13. The number of nitrogens with two attached hydrogens (primary N) is 1. The zero-order valence-electron chi connectivity index (χ0n) is 12.0. The van der Waals surface area contributed by atoms with Crippen molar-refractivity contribution in [1.29, 1.82) is 0 Å². The number of aromatic nitrogens is 2. The second-order valence-corrected chi connectivity index (χ2v) is 5.13. The summed E-state index contributed by atoms with van der Waals surface area (Å²) in [6.45, 7) is 2.05. The molecule has 4 nitrogen and oxygen atoms in total. The van der Waals surface area contributed by atoms with Crippen LogP contribution in [0.1, 0.15) is 5.56 Å². The number of nitrogen functional groups attached to an aromatic ring is 1. The number of benzene rings is 2. The molecule has 1 heterocycles. The van der Waals surface area contributed by atoms with E-state index >= 15 is 0 Å². The van der Waals surface area contributed by atoms with Crippen LogP contribution in [0.15, 0.2) is 42.5 Å². The van der Waals surface area contributed by atoms with E-state index in [-0.39, 0.29) is 0 Å². The lowest BCUT2D eigenvalue weighted by atomic mass is 10.2. The predicted octanol–water partition coefficient (Wildman–Crippen LogP) is 2.98. The molecule has 0 radical (unpaired) electrons. The van der Waals surface area contributed by atoms with Gasteiger partial charge in [-0.15, -0.1) is 0 Å². The topological polar surface area (TPSA) is 47.1 Å². The quantitative estimate of drug-likeness (QED) is 0.775. The monoisotopic (exact) mass is 266 g/mol. The van der Waals surface area contributed by atoms with Crippen molar-refractivity contribution in [1.82, 2.24) is 9.55 Å². The Balaban J connectivity index is 2.36. The fraction of sp³-hybridized carbons (Fsp3) is 0.188. The van der Waals surface area contributed by atoms with Gasteiger partial charge in [0.1, 0.15) is 0 Å². The van der Waals surface area contributed by atoms with Gasteiger partial charge >= 0.3 is 0 Å². The van der Waals surface area contributed by atoms with Crippen molar-refractivity contribution in [3.63, 3.8) is 0 Å². The number of para-hydroxylation sites is 3. The van der Waals surface area contributed by atoms with Crippen LogP contribution in [0.3, 0.4) is 0 Å². The van der Waals surface area contributed by atoms with Crippen LogP contribution < -0.4 is 10.6 Å². The summed E-state index contributed by atoms with van der Waals surface area (Å²) in [5.74, 6) is 0.517. The third-order valence-corrected chi connectivity index (χ3v) is 3.52. The van der Waals surface area contributed by atoms with Crippen LogP contribution in [0.4, 0.5) is 11.6 Å². The molecule has 2 aromatic carbocycles. The molecule has 0 amide bonds. The van der Waals surface area contributed by atoms with Crippen molar-refractivity contribution in [2.75, 3.05) is 24.7 Å². The summed E-state index contributed by atoms with van der Waals surface area (Å²) in [6, 6.07) is 14.3. The third-order valence-electron chi connectivity index (χ3n) is 3.52. The fourth-order valence-electron chi connectivity index (χ4n) is 2.54. The summed E-state index contributed by atoms with van der Waals surface area (Å²) in [4.78, 5) is 6.59. The van der Waals surface area contributed by atoms with Gasteiger partial charge in [0.05, 0.1) is 22.4 Å². The number of hydrogen-bond acceptors (Lipinski definition) is 3. The number of aryl methyl sites for hydroxylation is 1. The second kappa shape index (κ2) is 4.56. The van der Waals surface area contributed by atoms with Crippen LogP contribution in [0.2, 0.25) is 0 Å². The first-order valence-corrected chi connectivity index (χ1v) is 6.60. The maximum Gasteiger partial charge on any atom is 0.206 e. The molecule has 20 heavy (non-hydrogen) atoms. The molecule has 1 aromatic heterocycles. The smallest absolute Gasteiger partial charge is 0.206 e. The van der Waals surface area contributed by atoms with E-state index in [9.17, 15) is 0 Å². The molecule has 0 aliphatic carbocycles. The van der Waals surface area contributed by atoms with E-state index in [1.54, 1.807) is 0 Å². The van der Waals surface area contributed by atoms with Crippen molar-refractivity contribution < 1.29 is 0 Å². The Kier molecular flexibility index (Phi) is 2.86. The van der Waals surface area contributed by atoms with E-state index in [0.717, 1.165) is 28.0 Å². The van der Waals surface area contributed by atoms with Gasteiger partial charge in [-0.3, -0.25) is 4.57 Å². The minimum atomic E-state index is 0.517. The molecule has 0 atom stereocenters. The largest absolute Gasteiger partial charge is 0.376 e. The highest BCUT2D eigenvalue weighted by Crippen LogP contribution is 2.30. The molecule has 2 N–H and O–H groups in total. The van der Waals surface area contributed by atoms with E-state index in [2.05, 4.69) is 41.1 Å². The van der Waals surface area contributed by atoms with Crippen molar-refractivity contribution >= 4 is 22.7 Å². The molecule has 0 saturated carbocycles. The number of fused-ring (bicyclic) bond motifs is 1. The Morgan fingerprint density at radius 2 is 1.80 bits per heavy atom. The minimum Gasteiger partial charge on any atom is -0.376 e. The highest BCUT2D eigenvalue weighted by Gasteiger charge is 2.14. The summed E-state index contributed by atoms with van der Waals surface area (Å²) < 4.78 is 2.01. The Hall–Kier alpha value is -2.49. The number of hydrogen-bond donors (Lipinski definition) is 1. The van der Waals surface area contributed by atoms with Gasteiger partial charge in [-0.05, 0) is 30.7 Å². The molecule has 0 aliphatic heterocycles. The van der Waals surface area contributed by atoms with E-state index in [1.807, 2.05) is 36.9 Å². The standard InChI is InChI=1S/C16H18N4/c1-11-7-6-10-14-15(11)18-16(17)20(14)13-9-5-4-8-12(13)19(2)3/h4-10H,1-3H3,(H2,17,18). The van der Waals surface area contributed by atoms with Crippen LogP contribution in [-0.4, -0.2) is 23.6 Å². The summed E-state index contributed by atoms with van der Waals surface area (Å²) in [7, 11) is 4.05. The van der Waals surface area contributed by atoms with Crippen LogP contribution >= 0.6 is 0 Å². The van der Waals surface area contributed by atoms with Gasteiger partial charge in [-0.25, -0.2) is 4.98 Å². The number of rotatable bonds is 2. The molecular weight excluding hydrogens is 248 g/mol. The van der Waals surface area contributed by atoms with E-state index in [4.69, 9.17) is 5.73 Å². The Labute approximate surface area is 118 Å². The SMILES string of the molecule is Cc1cccc2c1nc(N)n2-c1ccccc1N(C)C. The second-order valence-electron chi connectivity index (χ2n) is 5.13. The Morgan fingerprint density at radius 1 is 1.05 bits per heavy atom. The average molecular weight is 266 g/mol. The first kappa shape index (κ1) is 12.5. The first-order chi connectivity index (χ1) is 9.59. The number of imidazole rings is 1. The summed E-state index contributed by atoms with van der Waals surface area (Å²) >= 11 is 0. The zero-order chi connectivity index (χ0) is 14.3. The van der Waals surface area contributed by atoms with Crippen molar-refractivity contribution in [3.05, 3.63) is 48.0 Å². The fourth-order valence-corrected chi connectivity index (χ4v) is 2.54. The minimum absolute atomic E-state index is 0.517. The molecule has 0 fully saturated rings. The lowest BCUT2D eigenvalue weighted by molar-refractivity contribution is 1.06. The van der Waals surface area contributed by atoms with Crippen LogP contribution in [-0.2, 0) is 0 Å². The van der Waals surface area contributed by atoms with Crippen molar-refractivity contribution in [2.24, 2.45) is 0 Å².